The highest BCUT2D eigenvalue weighted by molar-refractivity contribution is 5.95. The number of hydrogen-bond donors (Lipinski definition) is 2. The van der Waals surface area contributed by atoms with Crippen LogP contribution in [0.25, 0.3) is 0 Å². The van der Waals surface area contributed by atoms with Crippen molar-refractivity contribution in [3.05, 3.63) is 65.7 Å². The van der Waals surface area contributed by atoms with Crippen LogP contribution in [0.15, 0.2) is 54.6 Å². The lowest BCUT2D eigenvalue weighted by atomic mass is 10.1. The van der Waals surface area contributed by atoms with Crippen molar-refractivity contribution in [2.24, 2.45) is 0 Å². The molecular weight excluding hydrogens is 344 g/mol. The van der Waals surface area contributed by atoms with Crippen molar-refractivity contribution >= 4 is 17.7 Å². The first-order valence-corrected chi connectivity index (χ1v) is 8.79. The van der Waals surface area contributed by atoms with Gasteiger partial charge in [0.25, 0.3) is 5.91 Å². The normalized spacial score (nSPS) is 12.3. The molecule has 0 bridgehead atoms. The van der Waals surface area contributed by atoms with Crippen LogP contribution in [0.3, 0.4) is 0 Å². The summed E-state index contributed by atoms with van der Waals surface area (Å²) in [5, 5.41) is 10.4. The Morgan fingerprint density at radius 1 is 1.07 bits per heavy atom. The number of nitrogens with zero attached hydrogens (tertiary/aromatic N) is 1. The Kier molecular flexibility index (Phi) is 6.58. The largest absolute Gasteiger partial charge is 0.443 e. The fraction of sp³-hybridized carbons (Fsp3) is 0.333. The summed E-state index contributed by atoms with van der Waals surface area (Å²) in [6.07, 6.45) is -1.80. The first-order valence-electron chi connectivity index (χ1n) is 8.79. The number of benzene rings is 2. The topological polar surface area (TPSA) is 92.9 Å². The van der Waals surface area contributed by atoms with Gasteiger partial charge in [-0.25, -0.2) is 9.69 Å². The molecule has 27 heavy (non-hydrogen) atoms. The SMILES string of the molecule is CC(C)(C)OC(=O)N(CCc1ccc(N)cc1)C(=O)[C@H](O)c1ccccc1. The van der Waals surface area contributed by atoms with Crippen molar-refractivity contribution in [1.29, 1.82) is 0 Å². The molecule has 6 heteroatoms. The van der Waals surface area contributed by atoms with E-state index in [1.165, 1.54) is 0 Å². The van der Waals surface area contributed by atoms with Gasteiger partial charge in [0.1, 0.15) is 5.60 Å². The zero-order valence-electron chi connectivity index (χ0n) is 15.9. The van der Waals surface area contributed by atoms with Gasteiger partial charge < -0.3 is 15.6 Å². The number of hydrogen-bond acceptors (Lipinski definition) is 5. The third-order valence-corrected chi connectivity index (χ3v) is 3.83. The summed E-state index contributed by atoms with van der Waals surface area (Å²) in [5.74, 6) is -0.717. The van der Waals surface area contributed by atoms with Crippen LogP contribution < -0.4 is 5.73 Å². The Bertz CT molecular complexity index is 767. The first kappa shape index (κ1) is 20.5. The predicted octanol–water partition coefficient (Wildman–Crippen LogP) is 3.31. The second-order valence-corrected chi connectivity index (χ2v) is 7.28. The predicted molar refractivity (Wildman–Crippen MR) is 104 cm³/mol. The third-order valence-electron chi connectivity index (χ3n) is 3.83. The van der Waals surface area contributed by atoms with Crippen LogP contribution in [0.2, 0.25) is 0 Å². The van der Waals surface area contributed by atoms with Crippen molar-refractivity contribution in [3.63, 3.8) is 0 Å². The van der Waals surface area contributed by atoms with Crippen LogP contribution in [0.4, 0.5) is 10.5 Å². The minimum atomic E-state index is -1.44. The maximum absolute atomic E-state index is 12.8. The third kappa shape index (κ3) is 6.11. The number of anilines is 1. The molecule has 0 saturated carbocycles. The van der Waals surface area contributed by atoms with Gasteiger partial charge in [0.05, 0.1) is 0 Å². The van der Waals surface area contributed by atoms with E-state index in [4.69, 9.17) is 10.5 Å². The highest BCUT2D eigenvalue weighted by Gasteiger charge is 2.31. The lowest BCUT2D eigenvalue weighted by Gasteiger charge is -2.27. The number of nitrogen functional groups attached to an aromatic ring is 1. The van der Waals surface area contributed by atoms with Gasteiger partial charge in [-0.2, -0.15) is 0 Å². The van der Waals surface area contributed by atoms with Crippen LogP contribution in [0, 0.1) is 0 Å². The highest BCUT2D eigenvalue weighted by Crippen LogP contribution is 2.19. The van der Waals surface area contributed by atoms with Gasteiger partial charge in [0, 0.05) is 12.2 Å². The maximum Gasteiger partial charge on any atom is 0.417 e. The maximum atomic E-state index is 12.8. The number of aliphatic hydroxyl groups is 1. The molecule has 2 amide bonds. The second kappa shape index (κ2) is 8.68. The van der Waals surface area contributed by atoms with Gasteiger partial charge in [0.2, 0.25) is 0 Å². The van der Waals surface area contributed by atoms with E-state index in [9.17, 15) is 14.7 Å². The molecule has 0 unspecified atom stereocenters. The number of amides is 2. The first-order chi connectivity index (χ1) is 12.7. The van der Waals surface area contributed by atoms with Gasteiger partial charge in [-0.15, -0.1) is 0 Å². The van der Waals surface area contributed by atoms with Crippen LogP contribution in [-0.4, -0.2) is 34.2 Å². The molecule has 0 heterocycles. The molecule has 0 aromatic heterocycles. The van der Waals surface area contributed by atoms with Gasteiger partial charge in [0.15, 0.2) is 6.10 Å². The minimum absolute atomic E-state index is 0.0849. The van der Waals surface area contributed by atoms with Gasteiger partial charge in [-0.1, -0.05) is 42.5 Å². The van der Waals surface area contributed by atoms with Crippen LogP contribution in [0.1, 0.15) is 38.0 Å². The van der Waals surface area contributed by atoms with Crippen molar-refractivity contribution in [2.75, 3.05) is 12.3 Å². The molecule has 0 aliphatic heterocycles. The van der Waals surface area contributed by atoms with E-state index < -0.39 is 23.7 Å². The van der Waals surface area contributed by atoms with Crippen molar-refractivity contribution < 1.29 is 19.4 Å². The monoisotopic (exact) mass is 370 g/mol. The lowest BCUT2D eigenvalue weighted by molar-refractivity contribution is -0.139. The van der Waals surface area contributed by atoms with E-state index in [2.05, 4.69) is 0 Å². The summed E-state index contributed by atoms with van der Waals surface area (Å²) in [6.45, 7) is 5.25. The quantitative estimate of drug-likeness (QED) is 0.788. The van der Waals surface area contributed by atoms with Gasteiger partial charge in [-0.3, -0.25) is 4.79 Å². The Morgan fingerprint density at radius 3 is 2.22 bits per heavy atom. The summed E-state index contributed by atoms with van der Waals surface area (Å²) < 4.78 is 5.35. The number of carbonyl (C=O) groups is 2. The number of carbonyl (C=O) groups excluding carboxylic acids is 2. The number of imide groups is 1. The van der Waals surface area contributed by atoms with Gasteiger partial charge >= 0.3 is 6.09 Å². The van der Waals surface area contributed by atoms with Crippen molar-refractivity contribution in [2.45, 2.75) is 38.9 Å². The number of nitrogens with two attached hydrogens (primary N) is 1. The summed E-state index contributed by atoms with van der Waals surface area (Å²) in [7, 11) is 0. The van der Waals surface area contributed by atoms with Crippen molar-refractivity contribution in [1.82, 2.24) is 4.90 Å². The summed E-state index contributed by atoms with van der Waals surface area (Å²) in [5.41, 5.74) is 6.90. The minimum Gasteiger partial charge on any atom is -0.443 e. The fourth-order valence-electron chi connectivity index (χ4n) is 2.46. The van der Waals surface area contributed by atoms with E-state index in [-0.39, 0.29) is 6.54 Å². The average Bonchev–Trinajstić information content (AvgIpc) is 2.62. The van der Waals surface area contributed by atoms with Crippen LogP contribution in [0.5, 0.6) is 0 Å². The molecule has 0 radical (unpaired) electrons. The molecule has 0 aliphatic carbocycles. The molecular formula is C21H26N2O4. The lowest BCUT2D eigenvalue weighted by Crippen LogP contribution is -2.44. The van der Waals surface area contributed by atoms with Crippen LogP contribution in [-0.2, 0) is 16.0 Å². The van der Waals surface area contributed by atoms with E-state index in [1.54, 1.807) is 63.2 Å². The molecule has 3 N–H and O–H groups in total. The molecule has 2 aromatic rings. The van der Waals surface area contributed by atoms with Crippen LogP contribution >= 0.6 is 0 Å². The molecule has 2 aromatic carbocycles. The Balaban J connectivity index is 2.18. The Labute approximate surface area is 159 Å². The number of ether oxygens (including phenoxy) is 1. The standard InChI is InChI=1S/C21H26N2O4/c1-21(2,3)27-20(26)23(14-13-15-9-11-17(22)12-10-15)19(25)18(24)16-7-5-4-6-8-16/h4-12,18,24H,13-14,22H2,1-3H3/t18-/m1/s1. The van der Waals surface area contributed by atoms with E-state index in [0.29, 0.717) is 17.7 Å². The fourth-order valence-corrected chi connectivity index (χ4v) is 2.46. The van der Waals surface area contributed by atoms with E-state index >= 15 is 0 Å². The van der Waals surface area contributed by atoms with E-state index in [1.807, 2.05) is 12.1 Å². The molecule has 0 spiro atoms. The summed E-state index contributed by atoms with van der Waals surface area (Å²) in [6, 6.07) is 15.7. The molecule has 1 atom stereocenters. The van der Waals surface area contributed by atoms with Crippen molar-refractivity contribution in [3.8, 4) is 0 Å². The molecule has 0 aliphatic rings. The molecule has 2 rings (SSSR count). The summed E-state index contributed by atoms with van der Waals surface area (Å²) in [4.78, 5) is 26.3. The highest BCUT2D eigenvalue weighted by atomic mass is 16.6. The Hall–Kier alpha value is -2.86. The second-order valence-electron chi connectivity index (χ2n) is 7.28. The molecule has 144 valence electrons. The molecule has 0 fully saturated rings. The zero-order chi connectivity index (χ0) is 20.0. The number of aliphatic hydroxyl groups excluding tert-OH is 1. The van der Waals surface area contributed by atoms with E-state index in [0.717, 1.165) is 10.5 Å². The molecule has 6 nitrogen and oxygen atoms in total. The summed E-state index contributed by atoms with van der Waals surface area (Å²) >= 11 is 0. The smallest absolute Gasteiger partial charge is 0.417 e. The zero-order valence-corrected chi connectivity index (χ0v) is 15.9. The Morgan fingerprint density at radius 2 is 1.67 bits per heavy atom. The van der Waals surface area contributed by atoms with Gasteiger partial charge in [-0.05, 0) is 50.5 Å². The molecule has 0 saturated heterocycles. The average molecular weight is 370 g/mol. The number of rotatable bonds is 5.